The number of ether oxygens (including phenoxy) is 2. The fraction of sp³-hybridized carbons (Fsp3) is 0.571. The zero-order valence-electron chi connectivity index (χ0n) is 11.4. The van der Waals surface area contributed by atoms with Crippen LogP contribution in [-0.2, 0) is 6.54 Å². The molecule has 0 spiro atoms. The fourth-order valence-electron chi connectivity index (χ4n) is 1.75. The summed E-state index contributed by atoms with van der Waals surface area (Å²) in [6.07, 6.45) is 3.46. The van der Waals surface area contributed by atoms with Gasteiger partial charge >= 0.3 is 0 Å². The summed E-state index contributed by atoms with van der Waals surface area (Å²) in [6.45, 7) is 3.72. The molecule has 3 nitrogen and oxygen atoms in total. The minimum absolute atomic E-state index is 0.730. The molecule has 0 aliphatic carbocycles. The number of rotatable bonds is 8. The van der Waals surface area contributed by atoms with E-state index in [1.165, 1.54) is 18.4 Å². The Balaban J connectivity index is 2.76. The Kier molecular flexibility index (Phi) is 7.13. The van der Waals surface area contributed by atoms with Gasteiger partial charge in [0.2, 0.25) is 0 Å². The zero-order valence-corrected chi connectivity index (χ0v) is 13.0. The van der Waals surface area contributed by atoms with E-state index in [2.05, 4.69) is 34.2 Å². The quantitative estimate of drug-likeness (QED) is 0.741. The number of hydrogen-bond acceptors (Lipinski definition) is 3. The van der Waals surface area contributed by atoms with Gasteiger partial charge in [0.25, 0.3) is 0 Å². The molecule has 0 atom stereocenters. The SMILES string of the molecule is CCCCCOc1c(Br)cc(CNC)cc1OC. The van der Waals surface area contributed by atoms with Crippen LogP contribution < -0.4 is 14.8 Å². The van der Waals surface area contributed by atoms with Gasteiger partial charge in [0.15, 0.2) is 11.5 Å². The molecular weight excluding hydrogens is 294 g/mol. The molecule has 1 aromatic carbocycles. The Morgan fingerprint density at radius 2 is 2.06 bits per heavy atom. The van der Waals surface area contributed by atoms with Crippen LogP contribution in [0.3, 0.4) is 0 Å². The van der Waals surface area contributed by atoms with Crippen molar-refractivity contribution in [3.05, 3.63) is 22.2 Å². The van der Waals surface area contributed by atoms with Gasteiger partial charge < -0.3 is 14.8 Å². The van der Waals surface area contributed by atoms with Crippen molar-refractivity contribution in [2.75, 3.05) is 20.8 Å². The predicted octanol–water partition coefficient (Wildman–Crippen LogP) is 3.75. The van der Waals surface area contributed by atoms with Crippen LogP contribution >= 0.6 is 15.9 Å². The van der Waals surface area contributed by atoms with E-state index in [0.717, 1.165) is 35.5 Å². The van der Waals surface area contributed by atoms with Gasteiger partial charge in [-0.3, -0.25) is 0 Å². The standard InChI is InChI=1S/C14H22BrNO2/c1-4-5-6-7-18-14-12(15)8-11(10-16-2)9-13(14)17-3/h8-9,16H,4-7,10H2,1-3H3. The highest BCUT2D eigenvalue weighted by Crippen LogP contribution is 2.36. The van der Waals surface area contributed by atoms with Gasteiger partial charge in [-0.2, -0.15) is 0 Å². The highest BCUT2D eigenvalue weighted by Gasteiger charge is 2.11. The van der Waals surface area contributed by atoms with Gasteiger partial charge in [0, 0.05) is 6.54 Å². The van der Waals surface area contributed by atoms with Crippen molar-refractivity contribution < 1.29 is 9.47 Å². The first-order chi connectivity index (χ1) is 8.72. The van der Waals surface area contributed by atoms with Gasteiger partial charge in [-0.1, -0.05) is 19.8 Å². The summed E-state index contributed by atoms with van der Waals surface area (Å²) in [5.41, 5.74) is 1.17. The molecule has 0 bridgehead atoms. The Hall–Kier alpha value is -0.740. The fourth-order valence-corrected chi connectivity index (χ4v) is 2.35. The molecule has 102 valence electrons. The molecule has 0 heterocycles. The smallest absolute Gasteiger partial charge is 0.175 e. The highest BCUT2D eigenvalue weighted by molar-refractivity contribution is 9.10. The van der Waals surface area contributed by atoms with Gasteiger partial charge in [-0.15, -0.1) is 0 Å². The van der Waals surface area contributed by atoms with E-state index in [-0.39, 0.29) is 0 Å². The van der Waals surface area contributed by atoms with Crippen molar-refractivity contribution in [1.29, 1.82) is 0 Å². The van der Waals surface area contributed by atoms with Crippen molar-refractivity contribution in [3.8, 4) is 11.5 Å². The summed E-state index contributed by atoms with van der Waals surface area (Å²) in [5.74, 6) is 1.58. The van der Waals surface area contributed by atoms with E-state index in [9.17, 15) is 0 Å². The van der Waals surface area contributed by atoms with Gasteiger partial charge in [0.1, 0.15) is 0 Å². The lowest BCUT2D eigenvalue weighted by Gasteiger charge is -2.14. The maximum Gasteiger partial charge on any atom is 0.175 e. The second-order valence-electron chi connectivity index (χ2n) is 4.19. The molecule has 0 aromatic heterocycles. The van der Waals surface area contributed by atoms with Gasteiger partial charge in [-0.05, 0) is 47.1 Å². The molecule has 0 aliphatic heterocycles. The van der Waals surface area contributed by atoms with Crippen LogP contribution in [0.4, 0.5) is 0 Å². The minimum atomic E-state index is 0.730. The van der Waals surface area contributed by atoms with Crippen LogP contribution in [0.25, 0.3) is 0 Å². The third-order valence-electron chi connectivity index (χ3n) is 2.66. The van der Waals surface area contributed by atoms with E-state index >= 15 is 0 Å². The van der Waals surface area contributed by atoms with E-state index in [0.29, 0.717) is 0 Å². The minimum Gasteiger partial charge on any atom is -0.493 e. The second-order valence-corrected chi connectivity index (χ2v) is 5.05. The number of methoxy groups -OCH3 is 1. The van der Waals surface area contributed by atoms with Crippen LogP contribution in [0.5, 0.6) is 11.5 Å². The van der Waals surface area contributed by atoms with Gasteiger partial charge in [-0.25, -0.2) is 0 Å². The van der Waals surface area contributed by atoms with Crippen LogP contribution in [0, 0.1) is 0 Å². The van der Waals surface area contributed by atoms with Crippen LogP contribution in [0.1, 0.15) is 31.7 Å². The predicted molar refractivity (Wildman–Crippen MR) is 78.5 cm³/mol. The Bertz CT molecular complexity index is 369. The summed E-state index contributed by atoms with van der Waals surface area (Å²) >= 11 is 3.55. The van der Waals surface area contributed by atoms with Crippen molar-refractivity contribution in [3.63, 3.8) is 0 Å². The van der Waals surface area contributed by atoms with E-state index in [1.807, 2.05) is 13.1 Å². The normalized spacial score (nSPS) is 10.4. The molecule has 1 aromatic rings. The third kappa shape index (κ3) is 4.50. The first-order valence-corrected chi connectivity index (χ1v) is 7.16. The summed E-state index contributed by atoms with van der Waals surface area (Å²) in [7, 11) is 3.60. The molecule has 0 fully saturated rings. The molecule has 0 saturated carbocycles. The van der Waals surface area contributed by atoms with Crippen LogP contribution in [0.2, 0.25) is 0 Å². The van der Waals surface area contributed by atoms with E-state index in [4.69, 9.17) is 9.47 Å². The van der Waals surface area contributed by atoms with E-state index < -0.39 is 0 Å². The summed E-state index contributed by atoms with van der Waals surface area (Å²) in [4.78, 5) is 0. The Morgan fingerprint density at radius 3 is 2.67 bits per heavy atom. The molecule has 0 aliphatic rings. The Morgan fingerprint density at radius 1 is 1.28 bits per heavy atom. The maximum atomic E-state index is 5.80. The van der Waals surface area contributed by atoms with Crippen LogP contribution in [0.15, 0.2) is 16.6 Å². The van der Waals surface area contributed by atoms with Crippen LogP contribution in [-0.4, -0.2) is 20.8 Å². The largest absolute Gasteiger partial charge is 0.493 e. The Labute approximate surface area is 118 Å². The van der Waals surface area contributed by atoms with Crippen molar-refractivity contribution in [2.45, 2.75) is 32.7 Å². The monoisotopic (exact) mass is 315 g/mol. The van der Waals surface area contributed by atoms with Crippen molar-refractivity contribution >= 4 is 15.9 Å². The third-order valence-corrected chi connectivity index (χ3v) is 3.25. The zero-order chi connectivity index (χ0) is 13.4. The number of hydrogen-bond donors (Lipinski definition) is 1. The number of nitrogens with one attached hydrogen (secondary N) is 1. The second kappa shape index (κ2) is 8.38. The summed E-state index contributed by atoms with van der Waals surface area (Å²) < 4.78 is 12.1. The highest BCUT2D eigenvalue weighted by atomic mass is 79.9. The molecule has 4 heteroatoms. The first-order valence-electron chi connectivity index (χ1n) is 6.36. The summed E-state index contributed by atoms with van der Waals surface area (Å²) in [5, 5.41) is 3.12. The molecule has 0 radical (unpaired) electrons. The number of unbranched alkanes of at least 4 members (excludes halogenated alkanes) is 2. The molecule has 0 saturated heterocycles. The number of halogens is 1. The molecule has 18 heavy (non-hydrogen) atoms. The number of benzene rings is 1. The lowest BCUT2D eigenvalue weighted by molar-refractivity contribution is 0.284. The molecule has 1 N–H and O–H groups in total. The molecule has 1 rings (SSSR count). The maximum absolute atomic E-state index is 5.80. The van der Waals surface area contributed by atoms with Gasteiger partial charge in [0.05, 0.1) is 18.2 Å². The molecule has 0 amide bonds. The average molecular weight is 316 g/mol. The molecule has 0 unspecified atom stereocenters. The first kappa shape index (κ1) is 15.3. The lowest BCUT2D eigenvalue weighted by Crippen LogP contribution is -2.06. The lowest BCUT2D eigenvalue weighted by atomic mass is 10.2. The average Bonchev–Trinajstić information content (AvgIpc) is 2.36. The topological polar surface area (TPSA) is 30.5 Å². The van der Waals surface area contributed by atoms with Crippen molar-refractivity contribution in [1.82, 2.24) is 5.32 Å². The van der Waals surface area contributed by atoms with Crippen molar-refractivity contribution in [2.24, 2.45) is 0 Å². The molecular formula is C14H22BrNO2. The van der Waals surface area contributed by atoms with E-state index in [1.54, 1.807) is 7.11 Å². The summed E-state index contributed by atoms with van der Waals surface area (Å²) in [6, 6.07) is 4.07.